The summed E-state index contributed by atoms with van der Waals surface area (Å²) >= 11 is 0. The Morgan fingerprint density at radius 2 is 2.00 bits per heavy atom. The molecule has 1 saturated carbocycles. The summed E-state index contributed by atoms with van der Waals surface area (Å²) in [6.07, 6.45) is 2.71. The Morgan fingerprint density at radius 3 is 2.61 bits per heavy atom. The molecule has 0 amide bonds. The average Bonchev–Trinajstić information content (AvgIpc) is 3.18. The second kappa shape index (κ2) is 6.24. The molecule has 2 heteroatoms. The van der Waals surface area contributed by atoms with E-state index in [9.17, 15) is 0 Å². The van der Waals surface area contributed by atoms with Crippen molar-refractivity contribution >= 4 is 5.69 Å². The molecule has 0 spiro atoms. The van der Waals surface area contributed by atoms with Gasteiger partial charge in [0.25, 0.3) is 0 Å². The normalized spacial score (nSPS) is 15.1. The van der Waals surface area contributed by atoms with Gasteiger partial charge in [0.05, 0.1) is 0 Å². The number of para-hydroxylation sites is 1. The zero-order chi connectivity index (χ0) is 13.0. The number of rotatable bonds is 7. The standard InChI is InChI=1S/C16H26N2/c1-4-18(12-13(2)3)16-8-6-5-7-14(16)11-17-15-9-10-15/h5-8,13,15,17H,4,9-12H2,1-3H3. The minimum Gasteiger partial charge on any atom is -0.371 e. The van der Waals surface area contributed by atoms with E-state index in [2.05, 4.69) is 55.3 Å². The Kier molecular flexibility index (Phi) is 4.65. The van der Waals surface area contributed by atoms with Gasteiger partial charge in [-0.25, -0.2) is 0 Å². The fourth-order valence-corrected chi connectivity index (χ4v) is 2.35. The van der Waals surface area contributed by atoms with Gasteiger partial charge in [-0.15, -0.1) is 0 Å². The Morgan fingerprint density at radius 1 is 1.28 bits per heavy atom. The fourth-order valence-electron chi connectivity index (χ4n) is 2.35. The molecule has 1 aliphatic carbocycles. The molecule has 1 aliphatic rings. The molecule has 100 valence electrons. The number of nitrogens with one attached hydrogen (secondary N) is 1. The third kappa shape index (κ3) is 3.74. The van der Waals surface area contributed by atoms with E-state index in [0.717, 1.165) is 25.7 Å². The van der Waals surface area contributed by atoms with Crippen LogP contribution >= 0.6 is 0 Å². The molecule has 0 unspecified atom stereocenters. The monoisotopic (exact) mass is 246 g/mol. The highest BCUT2D eigenvalue weighted by Gasteiger charge is 2.20. The SMILES string of the molecule is CCN(CC(C)C)c1ccccc1CNC1CC1. The van der Waals surface area contributed by atoms with Gasteiger partial charge in [0, 0.05) is 31.4 Å². The van der Waals surface area contributed by atoms with Crippen molar-refractivity contribution in [3.8, 4) is 0 Å². The summed E-state index contributed by atoms with van der Waals surface area (Å²) in [6.45, 7) is 10.0. The molecular weight excluding hydrogens is 220 g/mol. The van der Waals surface area contributed by atoms with E-state index in [1.165, 1.54) is 24.1 Å². The van der Waals surface area contributed by atoms with Crippen molar-refractivity contribution in [3.63, 3.8) is 0 Å². The molecule has 0 saturated heterocycles. The Balaban J connectivity index is 2.07. The van der Waals surface area contributed by atoms with E-state index in [4.69, 9.17) is 0 Å². The van der Waals surface area contributed by atoms with Crippen molar-refractivity contribution in [2.75, 3.05) is 18.0 Å². The second-order valence-electron chi connectivity index (χ2n) is 5.72. The van der Waals surface area contributed by atoms with Crippen molar-refractivity contribution < 1.29 is 0 Å². The number of hydrogen-bond acceptors (Lipinski definition) is 2. The van der Waals surface area contributed by atoms with Crippen LogP contribution < -0.4 is 10.2 Å². The first-order chi connectivity index (χ1) is 8.70. The number of benzene rings is 1. The largest absolute Gasteiger partial charge is 0.371 e. The fraction of sp³-hybridized carbons (Fsp3) is 0.625. The van der Waals surface area contributed by atoms with Gasteiger partial charge in [-0.2, -0.15) is 0 Å². The van der Waals surface area contributed by atoms with Crippen molar-refractivity contribution in [1.82, 2.24) is 5.32 Å². The maximum atomic E-state index is 3.62. The number of hydrogen-bond donors (Lipinski definition) is 1. The topological polar surface area (TPSA) is 15.3 Å². The molecule has 0 aromatic heterocycles. The van der Waals surface area contributed by atoms with E-state index in [-0.39, 0.29) is 0 Å². The maximum Gasteiger partial charge on any atom is 0.0411 e. The van der Waals surface area contributed by atoms with Gasteiger partial charge in [0.1, 0.15) is 0 Å². The van der Waals surface area contributed by atoms with E-state index >= 15 is 0 Å². The Hall–Kier alpha value is -1.02. The quantitative estimate of drug-likeness (QED) is 0.793. The van der Waals surface area contributed by atoms with Crippen molar-refractivity contribution in [3.05, 3.63) is 29.8 Å². The second-order valence-corrected chi connectivity index (χ2v) is 5.72. The van der Waals surface area contributed by atoms with Gasteiger partial charge in [0.2, 0.25) is 0 Å². The highest BCUT2D eigenvalue weighted by molar-refractivity contribution is 5.53. The summed E-state index contributed by atoms with van der Waals surface area (Å²) in [6, 6.07) is 9.59. The lowest BCUT2D eigenvalue weighted by Crippen LogP contribution is -2.29. The molecule has 2 nitrogen and oxygen atoms in total. The lowest BCUT2D eigenvalue weighted by Gasteiger charge is -2.27. The van der Waals surface area contributed by atoms with E-state index in [1.807, 2.05) is 0 Å². The summed E-state index contributed by atoms with van der Waals surface area (Å²) in [4.78, 5) is 2.49. The smallest absolute Gasteiger partial charge is 0.0411 e. The van der Waals surface area contributed by atoms with Crippen LogP contribution in [0.25, 0.3) is 0 Å². The summed E-state index contributed by atoms with van der Waals surface area (Å²) < 4.78 is 0. The van der Waals surface area contributed by atoms with Crippen LogP contribution in [0.4, 0.5) is 5.69 Å². The van der Waals surface area contributed by atoms with Crippen LogP contribution in [0.15, 0.2) is 24.3 Å². The summed E-state index contributed by atoms with van der Waals surface area (Å²) in [5, 5.41) is 3.62. The van der Waals surface area contributed by atoms with Crippen LogP contribution in [-0.4, -0.2) is 19.1 Å². The first kappa shape index (κ1) is 13.4. The third-order valence-electron chi connectivity index (χ3n) is 3.46. The molecular formula is C16H26N2. The summed E-state index contributed by atoms with van der Waals surface area (Å²) in [5.41, 5.74) is 2.84. The predicted octanol–water partition coefficient (Wildman–Crippen LogP) is 3.42. The van der Waals surface area contributed by atoms with E-state index < -0.39 is 0 Å². The molecule has 18 heavy (non-hydrogen) atoms. The van der Waals surface area contributed by atoms with Gasteiger partial charge < -0.3 is 10.2 Å². The van der Waals surface area contributed by atoms with Crippen LogP contribution in [0.2, 0.25) is 0 Å². The van der Waals surface area contributed by atoms with Crippen LogP contribution in [0, 0.1) is 5.92 Å². The molecule has 1 aromatic carbocycles. The molecule has 0 heterocycles. The molecule has 0 bridgehead atoms. The zero-order valence-corrected chi connectivity index (χ0v) is 11.9. The third-order valence-corrected chi connectivity index (χ3v) is 3.46. The highest BCUT2D eigenvalue weighted by atomic mass is 15.1. The summed E-state index contributed by atoms with van der Waals surface area (Å²) in [7, 11) is 0. The van der Waals surface area contributed by atoms with Crippen molar-refractivity contribution in [1.29, 1.82) is 0 Å². The molecule has 1 aromatic rings. The Bertz CT molecular complexity index is 369. The van der Waals surface area contributed by atoms with Gasteiger partial charge in [-0.3, -0.25) is 0 Å². The molecule has 0 radical (unpaired) electrons. The zero-order valence-electron chi connectivity index (χ0n) is 11.9. The van der Waals surface area contributed by atoms with E-state index in [0.29, 0.717) is 5.92 Å². The predicted molar refractivity (Wildman–Crippen MR) is 79.0 cm³/mol. The van der Waals surface area contributed by atoms with Gasteiger partial charge in [0.15, 0.2) is 0 Å². The number of anilines is 1. The molecule has 2 rings (SSSR count). The number of nitrogens with zero attached hydrogens (tertiary/aromatic N) is 1. The summed E-state index contributed by atoms with van der Waals surface area (Å²) in [5.74, 6) is 0.703. The van der Waals surface area contributed by atoms with E-state index in [1.54, 1.807) is 0 Å². The first-order valence-electron chi connectivity index (χ1n) is 7.27. The molecule has 1 fully saturated rings. The molecule has 0 aliphatic heterocycles. The van der Waals surface area contributed by atoms with Gasteiger partial charge in [-0.1, -0.05) is 32.0 Å². The Labute approximate surface area is 111 Å². The highest BCUT2D eigenvalue weighted by Crippen LogP contribution is 2.24. The minimum absolute atomic E-state index is 0.703. The first-order valence-corrected chi connectivity index (χ1v) is 7.27. The van der Waals surface area contributed by atoms with Gasteiger partial charge in [-0.05, 0) is 37.3 Å². The maximum absolute atomic E-state index is 3.62. The average molecular weight is 246 g/mol. The van der Waals surface area contributed by atoms with Crippen molar-refractivity contribution in [2.24, 2.45) is 5.92 Å². The minimum atomic E-state index is 0.703. The van der Waals surface area contributed by atoms with Crippen LogP contribution in [0.5, 0.6) is 0 Å². The van der Waals surface area contributed by atoms with Crippen molar-refractivity contribution in [2.45, 2.75) is 46.2 Å². The van der Waals surface area contributed by atoms with Crippen LogP contribution in [0.3, 0.4) is 0 Å². The lowest BCUT2D eigenvalue weighted by molar-refractivity contribution is 0.613. The lowest BCUT2D eigenvalue weighted by atomic mass is 10.1. The molecule has 1 N–H and O–H groups in total. The molecule has 0 atom stereocenters. The van der Waals surface area contributed by atoms with Crippen LogP contribution in [-0.2, 0) is 6.54 Å². The van der Waals surface area contributed by atoms with Crippen LogP contribution in [0.1, 0.15) is 39.2 Å². The van der Waals surface area contributed by atoms with Gasteiger partial charge >= 0.3 is 0 Å².